The molecule has 2 aromatic rings. The maximum atomic E-state index is 13.2. The molecule has 0 unspecified atom stereocenters. The molecule has 0 saturated carbocycles. The van der Waals surface area contributed by atoms with Gasteiger partial charge < -0.3 is 10.5 Å². The quantitative estimate of drug-likeness (QED) is 0.828. The first-order valence-corrected chi connectivity index (χ1v) is 7.66. The molecule has 2 rings (SSSR count). The Hall–Kier alpha value is -1.04. The van der Waals surface area contributed by atoms with Gasteiger partial charge in [-0.25, -0.2) is 4.39 Å². The van der Waals surface area contributed by atoms with E-state index in [2.05, 4.69) is 15.9 Å². The van der Waals surface area contributed by atoms with Crippen molar-refractivity contribution in [2.45, 2.75) is 11.4 Å². The number of hydrogen-bond donors (Lipinski definition) is 1. The van der Waals surface area contributed by atoms with Crippen LogP contribution in [0.1, 0.15) is 5.56 Å². The summed E-state index contributed by atoms with van der Waals surface area (Å²) in [7, 11) is 0. The molecule has 100 valence electrons. The van der Waals surface area contributed by atoms with Gasteiger partial charge in [0.2, 0.25) is 0 Å². The number of nitrogens with two attached hydrogens (primary N) is 1. The Labute approximate surface area is 124 Å². The first-order valence-electron chi connectivity index (χ1n) is 5.64. The fourth-order valence-corrected chi connectivity index (χ4v) is 2.70. The van der Waals surface area contributed by atoms with Crippen molar-refractivity contribution in [1.82, 2.24) is 0 Å². The third-order valence-electron chi connectivity index (χ3n) is 2.63. The SMILES string of the molecule is CSc1cccc(Oc2ccc(F)c(Br)c2)c1CN. The van der Waals surface area contributed by atoms with E-state index in [1.165, 1.54) is 6.07 Å². The lowest BCUT2D eigenvalue weighted by atomic mass is 10.2. The van der Waals surface area contributed by atoms with Crippen LogP contribution in [0.15, 0.2) is 45.8 Å². The van der Waals surface area contributed by atoms with Crippen LogP contribution in [0.5, 0.6) is 11.5 Å². The summed E-state index contributed by atoms with van der Waals surface area (Å²) in [4.78, 5) is 1.08. The van der Waals surface area contributed by atoms with Crippen molar-refractivity contribution < 1.29 is 9.13 Å². The van der Waals surface area contributed by atoms with Gasteiger partial charge in [0.15, 0.2) is 0 Å². The lowest BCUT2D eigenvalue weighted by Gasteiger charge is -2.13. The predicted octanol–water partition coefficient (Wildman–Crippen LogP) is 4.56. The Bertz CT molecular complexity index is 592. The predicted molar refractivity (Wildman–Crippen MR) is 80.3 cm³/mol. The summed E-state index contributed by atoms with van der Waals surface area (Å²) in [5.74, 6) is 0.957. The third kappa shape index (κ3) is 3.29. The van der Waals surface area contributed by atoms with Crippen LogP contribution in [-0.4, -0.2) is 6.26 Å². The number of hydrogen-bond acceptors (Lipinski definition) is 3. The van der Waals surface area contributed by atoms with Gasteiger partial charge in [0.25, 0.3) is 0 Å². The lowest BCUT2D eigenvalue weighted by Crippen LogP contribution is -2.01. The maximum Gasteiger partial charge on any atom is 0.137 e. The highest BCUT2D eigenvalue weighted by Gasteiger charge is 2.09. The fraction of sp³-hybridized carbons (Fsp3) is 0.143. The topological polar surface area (TPSA) is 35.2 Å². The van der Waals surface area contributed by atoms with E-state index in [4.69, 9.17) is 10.5 Å². The summed E-state index contributed by atoms with van der Waals surface area (Å²) in [5.41, 5.74) is 6.73. The molecular weight excluding hydrogens is 329 g/mol. The molecule has 2 N–H and O–H groups in total. The van der Waals surface area contributed by atoms with Crippen LogP contribution < -0.4 is 10.5 Å². The Balaban J connectivity index is 2.35. The van der Waals surface area contributed by atoms with Crippen LogP contribution in [0.2, 0.25) is 0 Å². The van der Waals surface area contributed by atoms with Crippen LogP contribution >= 0.6 is 27.7 Å². The molecule has 0 atom stereocenters. The fourth-order valence-electron chi connectivity index (χ4n) is 1.70. The first kappa shape index (κ1) is 14.4. The molecule has 2 nitrogen and oxygen atoms in total. The number of ether oxygens (including phenoxy) is 1. The van der Waals surface area contributed by atoms with E-state index in [0.717, 1.165) is 10.5 Å². The summed E-state index contributed by atoms with van der Waals surface area (Å²) in [5, 5.41) is 0. The number of halogens is 2. The minimum Gasteiger partial charge on any atom is -0.457 e. The summed E-state index contributed by atoms with van der Waals surface area (Å²) in [6.45, 7) is 0.398. The summed E-state index contributed by atoms with van der Waals surface area (Å²) >= 11 is 4.76. The normalized spacial score (nSPS) is 10.5. The van der Waals surface area contributed by atoms with Crippen LogP contribution in [0.3, 0.4) is 0 Å². The van der Waals surface area contributed by atoms with Crippen molar-refractivity contribution in [3.05, 3.63) is 52.3 Å². The third-order valence-corrected chi connectivity index (χ3v) is 4.06. The van der Waals surface area contributed by atoms with Crippen LogP contribution in [-0.2, 0) is 6.54 Å². The number of benzene rings is 2. The van der Waals surface area contributed by atoms with Gasteiger partial charge in [0.1, 0.15) is 17.3 Å². The van der Waals surface area contributed by atoms with E-state index in [0.29, 0.717) is 22.5 Å². The second-order valence-corrected chi connectivity index (χ2v) is 5.52. The Morgan fingerprint density at radius 1 is 1.32 bits per heavy atom. The second kappa shape index (κ2) is 6.41. The van der Waals surface area contributed by atoms with E-state index in [9.17, 15) is 4.39 Å². The smallest absolute Gasteiger partial charge is 0.137 e. The summed E-state index contributed by atoms with van der Waals surface area (Å²) < 4.78 is 19.3. The van der Waals surface area contributed by atoms with E-state index in [1.54, 1.807) is 23.9 Å². The second-order valence-electron chi connectivity index (χ2n) is 3.82. The zero-order valence-electron chi connectivity index (χ0n) is 10.3. The zero-order valence-corrected chi connectivity index (χ0v) is 12.7. The van der Waals surface area contributed by atoms with Crippen molar-refractivity contribution in [3.8, 4) is 11.5 Å². The highest BCUT2D eigenvalue weighted by atomic mass is 79.9. The van der Waals surface area contributed by atoms with E-state index in [1.807, 2.05) is 24.5 Å². The van der Waals surface area contributed by atoms with E-state index in [-0.39, 0.29) is 5.82 Å². The summed E-state index contributed by atoms with van der Waals surface area (Å²) in [6.07, 6.45) is 1.99. The van der Waals surface area contributed by atoms with Crippen molar-refractivity contribution in [1.29, 1.82) is 0 Å². The molecular formula is C14H13BrFNOS. The van der Waals surface area contributed by atoms with Crippen molar-refractivity contribution >= 4 is 27.7 Å². The monoisotopic (exact) mass is 341 g/mol. The van der Waals surface area contributed by atoms with Gasteiger partial charge in [0.05, 0.1) is 4.47 Å². The molecule has 0 radical (unpaired) electrons. The average Bonchev–Trinajstić information content (AvgIpc) is 2.42. The summed E-state index contributed by atoms with van der Waals surface area (Å²) in [6, 6.07) is 10.3. The van der Waals surface area contributed by atoms with Crippen LogP contribution in [0.4, 0.5) is 4.39 Å². The molecule has 0 spiro atoms. The molecule has 0 amide bonds. The largest absolute Gasteiger partial charge is 0.457 e. The number of rotatable bonds is 4. The van der Waals surface area contributed by atoms with Gasteiger partial charge in [-0.05, 0) is 52.5 Å². The average molecular weight is 342 g/mol. The van der Waals surface area contributed by atoms with Gasteiger partial charge >= 0.3 is 0 Å². The highest BCUT2D eigenvalue weighted by Crippen LogP contribution is 2.33. The van der Waals surface area contributed by atoms with Crippen molar-refractivity contribution in [2.24, 2.45) is 5.73 Å². The lowest BCUT2D eigenvalue weighted by molar-refractivity contribution is 0.471. The zero-order chi connectivity index (χ0) is 13.8. The van der Waals surface area contributed by atoms with Crippen molar-refractivity contribution in [2.75, 3.05) is 6.26 Å². The standard InChI is InChI=1S/C14H13BrFNOS/c1-19-14-4-2-3-13(10(14)8-17)18-9-5-6-12(16)11(15)7-9/h2-7H,8,17H2,1H3. The Morgan fingerprint density at radius 2 is 2.11 bits per heavy atom. The van der Waals surface area contributed by atoms with Gasteiger partial charge in [-0.1, -0.05) is 6.07 Å². The van der Waals surface area contributed by atoms with Gasteiger partial charge in [0, 0.05) is 17.0 Å². The highest BCUT2D eigenvalue weighted by molar-refractivity contribution is 9.10. The molecule has 0 aliphatic rings. The van der Waals surface area contributed by atoms with E-state index < -0.39 is 0 Å². The van der Waals surface area contributed by atoms with Crippen LogP contribution in [0.25, 0.3) is 0 Å². The van der Waals surface area contributed by atoms with Gasteiger partial charge in [-0.15, -0.1) is 11.8 Å². The molecule has 0 bridgehead atoms. The molecule has 0 aliphatic carbocycles. The molecule has 0 aromatic heterocycles. The van der Waals surface area contributed by atoms with Crippen molar-refractivity contribution in [3.63, 3.8) is 0 Å². The molecule has 5 heteroatoms. The minimum absolute atomic E-state index is 0.315. The molecule has 0 fully saturated rings. The Kier molecular flexibility index (Phi) is 4.85. The molecule has 0 aliphatic heterocycles. The maximum absolute atomic E-state index is 13.2. The van der Waals surface area contributed by atoms with Gasteiger partial charge in [-0.3, -0.25) is 0 Å². The Morgan fingerprint density at radius 3 is 2.74 bits per heavy atom. The molecule has 0 heterocycles. The molecule has 0 saturated heterocycles. The van der Waals surface area contributed by atoms with E-state index >= 15 is 0 Å². The van der Waals surface area contributed by atoms with Crippen LogP contribution in [0, 0.1) is 5.82 Å². The molecule has 19 heavy (non-hydrogen) atoms. The minimum atomic E-state index is -0.315. The van der Waals surface area contributed by atoms with Gasteiger partial charge in [-0.2, -0.15) is 0 Å². The number of thioether (sulfide) groups is 1. The molecule has 2 aromatic carbocycles. The first-order chi connectivity index (χ1) is 9.15.